The van der Waals surface area contributed by atoms with E-state index in [1.165, 1.54) is 0 Å². The van der Waals surface area contributed by atoms with Gasteiger partial charge in [-0.15, -0.1) is 0 Å². The molecule has 1 N–H and O–H groups in total. The van der Waals surface area contributed by atoms with Crippen LogP contribution in [0.3, 0.4) is 0 Å². The lowest BCUT2D eigenvalue weighted by molar-refractivity contribution is -0.138. The molecule has 0 amide bonds. The molecule has 6 nitrogen and oxygen atoms in total. The molecule has 1 aromatic rings. The molecule has 2 bridgehead atoms. The third-order valence-electron chi connectivity index (χ3n) is 4.58. The summed E-state index contributed by atoms with van der Waals surface area (Å²) in [6, 6.07) is 6.80. The van der Waals surface area contributed by atoms with Crippen LogP contribution in [0.4, 0.5) is 8.78 Å². The summed E-state index contributed by atoms with van der Waals surface area (Å²) in [5.41, 5.74) is 0.695. The number of para-hydroxylation sites is 1. The zero-order valence-corrected chi connectivity index (χ0v) is 13.8. The molecule has 2 aliphatic rings. The quantitative estimate of drug-likeness (QED) is 0.834. The van der Waals surface area contributed by atoms with Gasteiger partial charge in [0.1, 0.15) is 5.75 Å². The van der Waals surface area contributed by atoms with E-state index in [1.54, 1.807) is 24.3 Å². The Kier molecular flexibility index (Phi) is 5.82. The second-order valence-electron chi connectivity index (χ2n) is 6.56. The third-order valence-corrected chi connectivity index (χ3v) is 4.58. The Labute approximate surface area is 144 Å². The van der Waals surface area contributed by atoms with Crippen LogP contribution in [0.15, 0.2) is 24.3 Å². The first kappa shape index (κ1) is 18.0. The zero-order chi connectivity index (χ0) is 17.8. The molecule has 2 fully saturated rings. The molecule has 3 rings (SSSR count). The molecular formula is C17H22F2N2O4. The maximum absolute atomic E-state index is 12.6. The summed E-state index contributed by atoms with van der Waals surface area (Å²) in [6.45, 7) is 0.682. The molecule has 2 heterocycles. The van der Waals surface area contributed by atoms with Crippen LogP contribution in [0.25, 0.3) is 0 Å². The van der Waals surface area contributed by atoms with Crippen molar-refractivity contribution in [1.82, 2.24) is 9.80 Å². The predicted molar refractivity (Wildman–Crippen MR) is 85.7 cm³/mol. The molecule has 8 heteroatoms. The van der Waals surface area contributed by atoms with Crippen LogP contribution in [0.5, 0.6) is 5.75 Å². The molecule has 0 saturated carbocycles. The Morgan fingerprint density at radius 3 is 2.84 bits per heavy atom. The van der Waals surface area contributed by atoms with Gasteiger partial charge < -0.3 is 14.6 Å². The molecule has 2 atom stereocenters. The van der Waals surface area contributed by atoms with Crippen molar-refractivity contribution in [3.63, 3.8) is 0 Å². The van der Waals surface area contributed by atoms with E-state index in [0.29, 0.717) is 38.4 Å². The SMILES string of the molecule is O=C(O)CN1C[C@@H]2COC[C@H](C1)N(Cc1ccccc1OC(F)F)C2. The Morgan fingerprint density at radius 2 is 2.08 bits per heavy atom. The van der Waals surface area contributed by atoms with E-state index >= 15 is 0 Å². The van der Waals surface area contributed by atoms with Crippen molar-refractivity contribution in [2.45, 2.75) is 19.2 Å². The summed E-state index contributed by atoms with van der Waals surface area (Å²) < 4.78 is 35.6. The number of benzene rings is 1. The molecule has 25 heavy (non-hydrogen) atoms. The summed E-state index contributed by atoms with van der Waals surface area (Å²) in [5, 5.41) is 9.07. The average Bonchev–Trinajstić information content (AvgIpc) is 2.78. The van der Waals surface area contributed by atoms with Crippen molar-refractivity contribution in [1.29, 1.82) is 0 Å². The fraction of sp³-hybridized carbons (Fsp3) is 0.588. The normalized spacial score (nSPS) is 24.9. The molecule has 138 valence electrons. The van der Waals surface area contributed by atoms with Gasteiger partial charge in [0, 0.05) is 43.7 Å². The second-order valence-corrected chi connectivity index (χ2v) is 6.56. The maximum Gasteiger partial charge on any atom is 0.387 e. The summed E-state index contributed by atoms with van der Waals surface area (Å²) >= 11 is 0. The molecule has 2 saturated heterocycles. The Bertz CT molecular complexity index is 602. The monoisotopic (exact) mass is 356 g/mol. The smallest absolute Gasteiger partial charge is 0.387 e. The van der Waals surface area contributed by atoms with E-state index in [-0.39, 0.29) is 24.3 Å². The zero-order valence-electron chi connectivity index (χ0n) is 13.8. The van der Waals surface area contributed by atoms with E-state index in [4.69, 9.17) is 9.84 Å². The van der Waals surface area contributed by atoms with E-state index in [0.717, 1.165) is 6.54 Å². The number of halogens is 2. The number of aliphatic carboxylic acids is 1. The van der Waals surface area contributed by atoms with Gasteiger partial charge in [0.2, 0.25) is 0 Å². The summed E-state index contributed by atoms with van der Waals surface area (Å²) in [5.74, 6) is -0.474. The van der Waals surface area contributed by atoms with Gasteiger partial charge in [0.15, 0.2) is 0 Å². The highest BCUT2D eigenvalue weighted by molar-refractivity contribution is 5.69. The number of hydrogen-bond donors (Lipinski definition) is 1. The van der Waals surface area contributed by atoms with E-state index < -0.39 is 12.6 Å². The number of carboxylic acids is 1. The highest BCUT2D eigenvalue weighted by atomic mass is 19.3. The lowest BCUT2D eigenvalue weighted by Gasteiger charge is -2.30. The highest BCUT2D eigenvalue weighted by Crippen LogP contribution is 2.26. The first-order valence-electron chi connectivity index (χ1n) is 8.30. The lowest BCUT2D eigenvalue weighted by Crippen LogP contribution is -2.44. The molecule has 0 spiro atoms. The van der Waals surface area contributed by atoms with Crippen LogP contribution in [0.1, 0.15) is 5.56 Å². The molecular weight excluding hydrogens is 334 g/mol. The van der Waals surface area contributed by atoms with Crippen molar-refractivity contribution in [3.8, 4) is 5.75 Å². The number of fused-ring (bicyclic) bond motifs is 3. The minimum Gasteiger partial charge on any atom is -0.480 e. The number of nitrogens with zero attached hydrogens (tertiary/aromatic N) is 2. The van der Waals surface area contributed by atoms with Crippen molar-refractivity contribution in [3.05, 3.63) is 29.8 Å². The fourth-order valence-electron chi connectivity index (χ4n) is 3.60. The first-order chi connectivity index (χ1) is 12.0. The molecule has 0 unspecified atom stereocenters. The molecule has 1 aromatic carbocycles. The number of ether oxygens (including phenoxy) is 2. The third kappa shape index (κ3) is 4.87. The van der Waals surface area contributed by atoms with Gasteiger partial charge in [-0.3, -0.25) is 14.6 Å². The number of hydrogen-bond acceptors (Lipinski definition) is 5. The number of carboxylic acid groups (broad SMARTS) is 1. The molecule has 0 aliphatic carbocycles. The van der Waals surface area contributed by atoms with Crippen molar-refractivity contribution >= 4 is 5.97 Å². The van der Waals surface area contributed by atoms with Gasteiger partial charge in [-0.1, -0.05) is 18.2 Å². The van der Waals surface area contributed by atoms with Crippen LogP contribution in [0, 0.1) is 5.92 Å². The molecule has 0 aromatic heterocycles. The largest absolute Gasteiger partial charge is 0.480 e. The van der Waals surface area contributed by atoms with Gasteiger partial charge >= 0.3 is 12.6 Å². The Balaban J connectivity index is 1.75. The van der Waals surface area contributed by atoms with Crippen LogP contribution < -0.4 is 4.74 Å². The van der Waals surface area contributed by atoms with Gasteiger partial charge in [-0.2, -0.15) is 8.78 Å². The van der Waals surface area contributed by atoms with Crippen LogP contribution in [-0.2, 0) is 16.1 Å². The van der Waals surface area contributed by atoms with Crippen LogP contribution >= 0.6 is 0 Å². The second kappa shape index (κ2) is 8.07. The van der Waals surface area contributed by atoms with E-state index in [1.807, 2.05) is 4.90 Å². The summed E-state index contributed by atoms with van der Waals surface area (Å²) in [7, 11) is 0. The average molecular weight is 356 g/mol. The summed E-state index contributed by atoms with van der Waals surface area (Å²) in [6.07, 6.45) is 0. The van der Waals surface area contributed by atoms with E-state index in [2.05, 4.69) is 9.64 Å². The lowest BCUT2D eigenvalue weighted by atomic mass is 10.1. The van der Waals surface area contributed by atoms with Gasteiger partial charge in [0.25, 0.3) is 0 Å². The van der Waals surface area contributed by atoms with Gasteiger partial charge in [-0.05, 0) is 6.07 Å². The van der Waals surface area contributed by atoms with Crippen molar-refractivity contribution in [2.75, 3.05) is 39.4 Å². The fourth-order valence-corrected chi connectivity index (χ4v) is 3.60. The standard InChI is InChI=1S/C17H22F2N2O4/c18-17(19)25-15-4-2-1-3-13(15)7-21-6-12-5-20(9-16(22)23)8-14(21)11-24-10-12/h1-4,12,14,17H,5-11H2,(H,22,23)/t12-,14-/m0/s1. The first-order valence-corrected chi connectivity index (χ1v) is 8.30. The predicted octanol–water partition coefficient (Wildman–Crippen LogP) is 1.51. The van der Waals surface area contributed by atoms with Crippen molar-refractivity contribution in [2.24, 2.45) is 5.92 Å². The molecule has 0 radical (unpaired) electrons. The number of rotatable bonds is 6. The topological polar surface area (TPSA) is 62.2 Å². The number of carbonyl (C=O) groups is 1. The Hall–Kier alpha value is -1.77. The van der Waals surface area contributed by atoms with Crippen LogP contribution in [0.2, 0.25) is 0 Å². The maximum atomic E-state index is 12.6. The minimum atomic E-state index is -2.86. The molecule has 2 aliphatic heterocycles. The van der Waals surface area contributed by atoms with Crippen LogP contribution in [-0.4, -0.2) is 72.9 Å². The Morgan fingerprint density at radius 1 is 1.28 bits per heavy atom. The van der Waals surface area contributed by atoms with Gasteiger partial charge in [-0.25, -0.2) is 0 Å². The van der Waals surface area contributed by atoms with Gasteiger partial charge in [0.05, 0.1) is 19.8 Å². The van der Waals surface area contributed by atoms with Crippen molar-refractivity contribution < 1.29 is 28.2 Å². The minimum absolute atomic E-state index is 0.00587. The highest BCUT2D eigenvalue weighted by Gasteiger charge is 2.34. The van der Waals surface area contributed by atoms with E-state index in [9.17, 15) is 13.6 Å². The summed E-state index contributed by atoms with van der Waals surface area (Å²) in [4.78, 5) is 15.2. The number of alkyl halides is 2.